The van der Waals surface area contributed by atoms with E-state index in [2.05, 4.69) is 5.10 Å². The fourth-order valence-corrected chi connectivity index (χ4v) is 3.33. The van der Waals surface area contributed by atoms with E-state index in [0.717, 1.165) is 44.5 Å². The highest BCUT2D eigenvalue weighted by Crippen LogP contribution is 2.22. The van der Waals surface area contributed by atoms with Crippen LogP contribution in [0.4, 0.5) is 0 Å². The van der Waals surface area contributed by atoms with Crippen LogP contribution < -0.4 is 0 Å². The smallest absolute Gasteiger partial charge is 0.335 e. The van der Waals surface area contributed by atoms with Gasteiger partial charge in [-0.1, -0.05) is 12.1 Å². The third kappa shape index (κ3) is 4.68. The molecule has 0 spiro atoms. The van der Waals surface area contributed by atoms with E-state index >= 15 is 0 Å². The number of amides is 1. The molecule has 1 aliphatic heterocycles. The average molecular weight is 341 g/mol. The summed E-state index contributed by atoms with van der Waals surface area (Å²) in [6, 6.07) is 8.92. The monoisotopic (exact) mass is 341 g/mol. The van der Waals surface area contributed by atoms with Gasteiger partial charge in [0.15, 0.2) is 0 Å². The molecule has 2 heterocycles. The lowest BCUT2D eigenvalue weighted by Crippen LogP contribution is -2.28. The van der Waals surface area contributed by atoms with Crippen LogP contribution in [0.25, 0.3) is 0 Å². The molecule has 0 saturated carbocycles. The molecule has 0 bridgehead atoms. The van der Waals surface area contributed by atoms with Crippen LogP contribution >= 0.6 is 0 Å². The van der Waals surface area contributed by atoms with Crippen LogP contribution in [0.15, 0.2) is 42.7 Å². The molecular formula is C19H23N3O3. The van der Waals surface area contributed by atoms with Crippen LogP contribution in [0.2, 0.25) is 0 Å². The Balaban J connectivity index is 1.43. The van der Waals surface area contributed by atoms with Gasteiger partial charge >= 0.3 is 5.97 Å². The Morgan fingerprint density at radius 1 is 1.24 bits per heavy atom. The minimum atomic E-state index is -0.903. The predicted octanol–water partition coefficient (Wildman–Crippen LogP) is 2.45. The Morgan fingerprint density at radius 2 is 2.04 bits per heavy atom. The summed E-state index contributed by atoms with van der Waals surface area (Å²) in [5, 5.41) is 13.1. The van der Waals surface area contributed by atoms with Crippen molar-refractivity contribution in [2.75, 3.05) is 13.1 Å². The average Bonchev–Trinajstić information content (AvgIpc) is 3.27. The zero-order valence-electron chi connectivity index (χ0n) is 14.2. The van der Waals surface area contributed by atoms with E-state index in [9.17, 15) is 9.59 Å². The van der Waals surface area contributed by atoms with E-state index in [1.54, 1.807) is 18.3 Å². The SMILES string of the molecule is O=C(O)c1ccc(C[C@H]2CCN(C(=O)CCCn3cccn3)C2)cc1. The topological polar surface area (TPSA) is 75.4 Å². The van der Waals surface area contributed by atoms with Crippen molar-refractivity contribution in [1.82, 2.24) is 14.7 Å². The number of aromatic nitrogens is 2. The number of carbonyl (C=O) groups excluding carboxylic acids is 1. The number of carboxylic acid groups (broad SMARTS) is 1. The van der Waals surface area contributed by atoms with Gasteiger partial charge in [-0.05, 0) is 48.9 Å². The van der Waals surface area contributed by atoms with Crippen LogP contribution in [-0.2, 0) is 17.8 Å². The number of carbonyl (C=O) groups is 2. The maximum Gasteiger partial charge on any atom is 0.335 e. The second-order valence-electron chi connectivity index (χ2n) is 6.57. The van der Waals surface area contributed by atoms with Crippen molar-refractivity contribution in [3.05, 3.63) is 53.9 Å². The molecule has 0 unspecified atom stereocenters. The third-order valence-corrected chi connectivity index (χ3v) is 4.70. The Kier molecular flexibility index (Phi) is 5.48. The van der Waals surface area contributed by atoms with Crippen LogP contribution in [0.1, 0.15) is 35.2 Å². The Bertz CT molecular complexity index is 710. The highest BCUT2D eigenvalue weighted by atomic mass is 16.4. The number of likely N-dealkylation sites (tertiary alicyclic amines) is 1. The van der Waals surface area contributed by atoms with Crippen molar-refractivity contribution in [2.45, 2.75) is 32.2 Å². The number of carboxylic acids is 1. The minimum Gasteiger partial charge on any atom is -0.478 e. The zero-order chi connectivity index (χ0) is 17.6. The molecule has 2 aromatic rings. The van der Waals surface area contributed by atoms with Crippen LogP contribution in [0.3, 0.4) is 0 Å². The standard InChI is InChI=1S/C19H23N3O3/c23-18(3-1-10-22-11-2-9-20-22)21-12-8-16(14-21)13-15-4-6-17(7-5-15)19(24)25/h2,4-7,9,11,16H,1,3,8,10,12-14H2,(H,24,25)/t16-/m1/s1. The quantitative estimate of drug-likeness (QED) is 0.839. The number of aromatic carboxylic acids is 1. The minimum absolute atomic E-state index is 0.218. The van der Waals surface area contributed by atoms with Crippen molar-refractivity contribution in [2.24, 2.45) is 5.92 Å². The van der Waals surface area contributed by atoms with E-state index < -0.39 is 5.97 Å². The highest BCUT2D eigenvalue weighted by Gasteiger charge is 2.25. The lowest BCUT2D eigenvalue weighted by Gasteiger charge is -2.16. The summed E-state index contributed by atoms with van der Waals surface area (Å²) in [6.07, 6.45) is 6.91. The molecule has 1 aromatic heterocycles. The third-order valence-electron chi connectivity index (χ3n) is 4.70. The molecule has 25 heavy (non-hydrogen) atoms. The van der Waals surface area contributed by atoms with Crippen molar-refractivity contribution in [3.8, 4) is 0 Å². The summed E-state index contributed by atoms with van der Waals surface area (Å²) < 4.78 is 1.85. The molecule has 1 aromatic carbocycles. The van der Waals surface area contributed by atoms with Gasteiger partial charge in [0.25, 0.3) is 0 Å². The second kappa shape index (κ2) is 7.96. The first-order valence-corrected chi connectivity index (χ1v) is 8.69. The summed E-state index contributed by atoms with van der Waals surface area (Å²) >= 11 is 0. The fraction of sp³-hybridized carbons (Fsp3) is 0.421. The summed E-state index contributed by atoms with van der Waals surface area (Å²) in [5.41, 5.74) is 1.44. The van der Waals surface area contributed by atoms with E-state index in [1.807, 2.05) is 34.0 Å². The van der Waals surface area contributed by atoms with E-state index in [4.69, 9.17) is 5.11 Å². The van der Waals surface area contributed by atoms with Gasteiger partial charge in [-0.2, -0.15) is 5.10 Å². The Hall–Kier alpha value is -2.63. The largest absolute Gasteiger partial charge is 0.478 e. The molecule has 1 saturated heterocycles. The highest BCUT2D eigenvalue weighted by molar-refractivity contribution is 5.87. The van der Waals surface area contributed by atoms with Gasteiger partial charge in [-0.25, -0.2) is 4.79 Å². The first-order chi connectivity index (χ1) is 12.1. The number of hydrogen-bond donors (Lipinski definition) is 1. The zero-order valence-corrected chi connectivity index (χ0v) is 14.2. The van der Waals surface area contributed by atoms with Gasteiger partial charge in [0, 0.05) is 38.4 Å². The molecule has 1 N–H and O–H groups in total. The molecule has 1 atom stereocenters. The summed E-state index contributed by atoms with van der Waals surface area (Å²) in [4.78, 5) is 25.2. The lowest BCUT2D eigenvalue weighted by molar-refractivity contribution is -0.130. The van der Waals surface area contributed by atoms with Crippen LogP contribution in [0, 0.1) is 5.92 Å². The maximum atomic E-state index is 12.3. The molecule has 0 aliphatic carbocycles. The van der Waals surface area contributed by atoms with E-state index in [-0.39, 0.29) is 5.91 Å². The van der Waals surface area contributed by atoms with Crippen LogP contribution in [0.5, 0.6) is 0 Å². The molecular weight excluding hydrogens is 318 g/mol. The van der Waals surface area contributed by atoms with Gasteiger partial charge in [0.05, 0.1) is 5.56 Å². The van der Waals surface area contributed by atoms with Gasteiger partial charge in [0.2, 0.25) is 5.91 Å². The maximum absolute atomic E-state index is 12.3. The van der Waals surface area contributed by atoms with E-state index in [1.165, 1.54) is 0 Å². The summed E-state index contributed by atoms with van der Waals surface area (Å²) in [5.74, 6) is -0.235. The number of aryl methyl sites for hydroxylation is 1. The van der Waals surface area contributed by atoms with Crippen LogP contribution in [-0.4, -0.2) is 44.8 Å². The van der Waals surface area contributed by atoms with Gasteiger partial charge < -0.3 is 10.0 Å². The first-order valence-electron chi connectivity index (χ1n) is 8.69. The predicted molar refractivity (Wildman–Crippen MR) is 93.3 cm³/mol. The Morgan fingerprint density at radius 3 is 2.72 bits per heavy atom. The summed E-state index contributed by atoms with van der Waals surface area (Å²) in [7, 11) is 0. The number of benzene rings is 1. The molecule has 1 aliphatic rings. The molecule has 6 heteroatoms. The van der Waals surface area contributed by atoms with Gasteiger partial charge in [-0.15, -0.1) is 0 Å². The van der Waals surface area contributed by atoms with Crippen molar-refractivity contribution in [1.29, 1.82) is 0 Å². The molecule has 132 valence electrons. The van der Waals surface area contributed by atoms with Gasteiger partial charge in [0.1, 0.15) is 0 Å². The number of rotatable bonds is 7. The Labute approximate surface area is 147 Å². The molecule has 6 nitrogen and oxygen atoms in total. The summed E-state index contributed by atoms with van der Waals surface area (Å²) in [6.45, 7) is 2.38. The fourth-order valence-electron chi connectivity index (χ4n) is 3.33. The lowest BCUT2D eigenvalue weighted by atomic mass is 9.98. The van der Waals surface area contributed by atoms with E-state index in [0.29, 0.717) is 17.9 Å². The molecule has 1 amide bonds. The van der Waals surface area contributed by atoms with Crippen molar-refractivity contribution >= 4 is 11.9 Å². The number of nitrogens with zero attached hydrogens (tertiary/aromatic N) is 3. The number of hydrogen-bond acceptors (Lipinski definition) is 3. The molecule has 0 radical (unpaired) electrons. The molecule has 1 fully saturated rings. The van der Waals surface area contributed by atoms with Crippen molar-refractivity contribution in [3.63, 3.8) is 0 Å². The normalized spacial score (nSPS) is 17.0. The second-order valence-corrected chi connectivity index (χ2v) is 6.57. The van der Waals surface area contributed by atoms with Gasteiger partial charge in [-0.3, -0.25) is 9.48 Å². The molecule has 3 rings (SSSR count). The first kappa shape index (κ1) is 17.2. The van der Waals surface area contributed by atoms with Crippen molar-refractivity contribution < 1.29 is 14.7 Å².